The number of carbonyl (C=O) groups excluding carboxylic acids is 1. The number of benzene rings is 1. The third-order valence-electron chi connectivity index (χ3n) is 3.80. The van der Waals surface area contributed by atoms with E-state index >= 15 is 0 Å². The van der Waals surface area contributed by atoms with Crippen molar-refractivity contribution in [3.8, 4) is 0 Å². The predicted octanol–water partition coefficient (Wildman–Crippen LogP) is 2.05. The van der Waals surface area contributed by atoms with Crippen molar-refractivity contribution >= 4 is 11.5 Å². The van der Waals surface area contributed by atoms with Crippen LogP contribution in [0.2, 0.25) is 0 Å². The van der Waals surface area contributed by atoms with Gasteiger partial charge in [0.1, 0.15) is 0 Å². The summed E-state index contributed by atoms with van der Waals surface area (Å²) in [6.45, 7) is 5.63. The normalized spacial score (nSPS) is 18.6. The monoisotopic (exact) mass is 284 g/mol. The highest BCUT2D eigenvalue weighted by Crippen LogP contribution is 2.20. The predicted molar refractivity (Wildman–Crippen MR) is 82.9 cm³/mol. The first-order valence-corrected chi connectivity index (χ1v) is 7.32. The van der Waals surface area contributed by atoms with E-state index < -0.39 is 0 Å². The van der Waals surface area contributed by atoms with Gasteiger partial charge < -0.3 is 15.0 Å². The average molecular weight is 284 g/mol. The first kappa shape index (κ1) is 13.9. The van der Waals surface area contributed by atoms with Gasteiger partial charge in [-0.15, -0.1) is 0 Å². The summed E-state index contributed by atoms with van der Waals surface area (Å²) < 4.78 is 5.28. The van der Waals surface area contributed by atoms with Crippen LogP contribution in [-0.2, 0) is 4.74 Å². The van der Waals surface area contributed by atoms with E-state index in [9.17, 15) is 4.79 Å². The Kier molecular flexibility index (Phi) is 4.06. The van der Waals surface area contributed by atoms with Crippen LogP contribution in [0.3, 0.4) is 0 Å². The minimum absolute atomic E-state index is 0.0901. The second-order valence-electron chi connectivity index (χ2n) is 5.45. The Hall–Kier alpha value is -2.07. The van der Waals surface area contributed by atoms with E-state index in [4.69, 9.17) is 4.74 Å². The molecule has 0 spiro atoms. The average Bonchev–Trinajstić information content (AvgIpc) is 2.55. The number of morpholine rings is 1. The Morgan fingerprint density at radius 3 is 2.57 bits per heavy atom. The molecule has 0 atom stereocenters. The Morgan fingerprint density at radius 2 is 1.90 bits per heavy atom. The minimum atomic E-state index is 0.0901. The van der Waals surface area contributed by atoms with Crippen LogP contribution in [0.1, 0.15) is 22.8 Å². The van der Waals surface area contributed by atoms with E-state index in [-0.39, 0.29) is 5.91 Å². The first-order chi connectivity index (χ1) is 10.2. The molecule has 0 unspecified atom stereocenters. The highest BCUT2D eigenvalue weighted by molar-refractivity contribution is 5.94. The van der Waals surface area contributed by atoms with Gasteiger partial charge in [0.2, 0.25) is 0 Å². The van der Waals surface area contributed by atoms with Crippen molar-refractivity contribution in [2.45, 2.75) is 6.92 Å². The zero-order valence-corrected chi connectivity index (χ0v) is 12.3. The summed E-state index contributed by atoms with van der Waals surface area (Å²) in [5.74, 6) is 0.0901. The van der Waals surface area contributed by atoms with Crippen LogP contribution >= 0.6 is 0 Å². The molecule has 1 aromatic rings. The first-order valence-electron chi connectivity index (χ1n) is 7.32. The molecule has 1 N–H and O–H groups in total. The summed E-state index contributed by atoms with van der Waals surface area (Å²) in [5, 5.41) is 3.25. The van der Waals surface area contributed by atoms with Crippen molar-refractivity contribution in [3.05, 3.63) is 53.2 Å². The molecule has 2 aliphatic rings. The summed E-state index contributed by atoms with van der Waals surface area (Å²) in [7, 11) is 0. The lowest BCUT2D eigenvalue weighted by Gasteiger charge is -2.26. The quantitative estimate of drug-likeness (QED) is 0.903. The number of carbonyl (C=O) groups is 1. The van der Waals surface area contributed by atoms with Gasteiger partial charge in [0, 0.05) is 31.4 Å². The largest absolute Gasteiger partial charge is 0.387 e. The van der Waals surface area contributed by atoms with Crippen LogP contribution in [0.25, 0.3) is 5.57 Å². The Morgan fingerprint density at radius 1 is 1.19 bits per heavy atom. The maximum Gasteiger partial charge on any atom is 0.254 e. The fourth-order valence-corrected chi connectivity index (χ4v) is 2.60. The fraction of sp³-hybridized carbons (Fsp3) is 0.353. The molecule has 4 nitrogen and oxygen atoms in total. The molecule has 110 valence electrons. The number of nitrogens with zero attached hydrogens (tertiary/aromatic N) is 1. The van der Waals surface area contributed by atoms with E-state index in [2.05, 4.69) is 18.3 Å². The Balaban J connectivity index is 1.75. The number of hydrogen-bond acceptors (Lipinski definition) is 3. The van der Waals surface area contributed by atoms with Crippen LogP contribution in [-0.4, -0.2) is 43.7 Å². The van der Waals surface area contributed by atoms with Gasteiger partial charge in [-0.3, -0.25) is 4.79 Å². The molecule has 0 bridgehead atoms. The van der Waals surface area contributed by atoms with Crippen LogP contribution in [0.4, 0.5) is 0 Å². The molecule has 0 aromatic heterocycles. The zero-order valence-electron chi connectivity index (χ0n) is 12.3. The number of nitrogens with one attached hydrogen (secondary N) is 1. The second kappa shape index (κ2) is 6.14. The van der Waals surface area contributed by atoms with Crippen molar-refractivity contribution in [2.24, 2.45) is 0 Å². The lowest BCUT2D eigenvalue weighted by atomic mass is 10.0. The van der Waals surface area contributed by atoms with Gasteiger partial charge in [-0.2, -0.15) is 0 Å². The Labute approximate surface area is 125 Å². The van der Waals surface area contributed by atoms with Crippen molar-refractivity contribution in [1.82, 2.24) is 10.2 Å². The molecule has 0 aliphatic carbocycles. The molecule has 1 saturated heterocycles. The summed E-state index contributed by atoms with van der Waals surface area (Å²) in [6, 6.07) is 7.84. The molecule has 21 heavy (non-hydrogen) atoms. The summed E-state index contributed by atoms with van der Waals surface area (Å²) in [6.07, 6.45) is 4.20. The van der Waals surface area contributed by atoms with Gasteiger partial charge in [-0.1, -0.05) is 23.8 Å². The van der Waals surface area contributed by atoms with Crippen molar-refractivity contribution < 1.29 is 9.53 Å². The molecule has 1 fully saturated rings. The molecule has 0 radical (unpaired) electrons. The fourth-order valence-electron chi connectivity index (χ4n) is 2.60. The Bertz CT molecular complexity index is 581. The molecular formula is C17H20N2O2. The summed E-state index contributed by atoms with van der Waals surface area (Å²) in [5.41, 5.74) is 4.33. The number of amides is 1. The maximum atomic E-state index is 12.4. The number of hydrogen-bond donors (Lipinski definition) is 1. The number of rotatable bonds is 2. The third kappa shape index (κ3) is 3.16. The highest BCUT2D eigenvalue weighted by atomic mass is 16.5. The molecule has 1 aromatic carbocycles. The van der Waals surface area contributed by atoms with Gasteiger partial charge in [-0.25, -0.2) is 0 Å². The standard InChI is InChI=1S/C17H20N2O2/c1-13-10-16(12-18-11-13)14-2-4-15(5-3-14)17(20)19-6-8-21-9-7-19/h2-5,10,12,18H,6-9,11H2,1H3. The third-order valence-corrected chi connectivity index (χ3v) is 3.80. The van der Waals surface area contributed by atoms with Crippen molar-refractivity contribution in [1.29, 1.82) is 0 Å². The topological polar surface area (TPSA) is 41.6 Å². The van der Waals surface area contributed by atoms with E-state index in [1.165, 1.54) is 5.57 Å². The molecular weight excluding hydrogens is 264 g/mol. The lowest BCUT2D eigenvalue weighted by Crippen LogP contribution is -2.40. The summed E-state index contributed by atoms with van der Waals surface area (Å²) >= 11 is 0. The van der Waals surface area contributed by atoms with Crippen molar-refractivity contribution in [2.75, 3.05) is 32.8 Å². The zero-order chi connectivity index (χ0) is 14.7. The van der Waals surface area contributed by atoms with Gasteiger partial charge >= 0.3 is 0 Å². The highest BCUT2D eigenvalue weighted by Gasteiger charge is 2.18. The van der Waals surface area contributed by atoms with E-state index in [1.54, 1.807) is 0 Å². The second-order valence-corrected chi connectivity index (χ2v) is 5.45. The molecule has 2 aliphatic heterocycles. The molecule has 4 heteroatoms. The van der Waals surface area contributed by atoms with Crippen LogP contribution in [0, 0.1) is 0 Å². The van der Waals surface area contributed by atoms with E-state index in [1.807, 2.05) is 35.4 Å². The van der Waals surface area contributed by atoms with Gasteiger partial charge in [-0.05, 0) is 30.2 Å². The van der Waals surface area contributed by atoms with Gasteiger partial charge in [0.25, 0.3) is 5.91 Å². The number of ether oxygens (including phenoxy) is 1. The van der Waals surface area contributed by atoms with Crippen molar-refractivity contribution in [3.63, 3.8) is 0 Å². The molecule has 3 rings (SSSR count). The van der Waals surface area contributed by atoms with E-state index in [0.717, 1.165) is 23.2 Å². The SMILES string of the molecule is CC1=CC(c2ccc(C(=O)N3CCOCC3)cc2)=CNC1. The number of allylic oxidation sites excluding steroid dienone is 2. The van der Waals surface area contributed by atoms with Crippen LogP contribution < -0.4 is 5.32 Å². The maximum absolute atomic E-state index is 12.4. The van der Waals surface area contributed by atoms with Crippen LogP contribution in [0.15, 0.2) is 42.1 Å². The lowest BCUT2D eigenvalue weighted by molar-refractivity contribution is 0.0303. The van der Waals surface area contributed by atoms with E-state index in [0.29, 0.717) is 26.3 Å². The molecule has 0 saturated carbocycles. The summed E-state index contributed by atoms with van der Waals surface area (Å²) in [4.78, 5) is 14.2. The smallest absolute Gasteiger partial charge is 0.254 e. The van der Waals surface area contributed by atoms with Crippen LogP contribution in [0.5, 0.6) is 0 Å². The van der Waals surface area contributed by atoms with Gasteiger partial charge in [0.05, 0.1) is 13.2 Å². The molecule has 2 heterocycles. The molecule has 1 amide bonds. The minimum Gasteiger partial charge on any atom is -0.387 e. The number of dihydropyridines is 1. The van der Waals surface area contributed by atoms with Gasteiger partial charge in [0.15, 0.2) is 0 Å².